The van der Waals surface area contributed by atoms with Crippen molar-refractivity contribution in [3.8, 4) is 0 Å². The summed E-state index contributed by atoms with van der Waals surface area (Å²) < 4.78 is 25.3. The van der Waals surface area contributed by atoms with Crippen LogP contribution in [0.15, 0.2) is 21.8 Å². The van der Waals surface area contributed by atoms with Gasteiger partial charge in [0.1, 0.15) is 5.82 Å². The van der Waals surface area contributed by atoms with Crippen LogP contribution in [0.4, 0.5) is 8.92 Å². The van der Waals surface area contributed by atoms with Crippen LogP contribution in [-0.2, 0) is 10.5 Å². The lowest BCUT2D eigenvalue weighted by Gasteiger charge is -2.17. The Bertz CT molecular complexity index is 468. The van der Waals surface area contributed by atoms with Crippen molar-refractivity contribution in [3.63, 3.8) is 0 Å². The summed E-state index contributed by atoms with van der Waals surface area (Å²) >= 11 is 9.21. The van der Waals surface area contributed by atoms with Gasteiger partial charge in [0.25, 0.3) is 0 Å². The maximum absolute atomic E-state index is 13.1. The van der Waals surface area contributed by atoms with Gasteiger partial charge in [0.05, 0.1) is 5.41 Å². The van der Waals surface area contributed by atoms with E-state index in [-0.39, 0.29) is 10.9 Å². The molecule has 2 rings (SSSR count). The van der Waals surface area contributed by atoms with Gasteiger partial charge in [0.15, 0.2) is 5.84 Å². The van der Waals surface area contributed by atoms with Crippen LogP contribution in [0.3, 0.4) is 0 Å². The third kappa shape index (κ3) is 2.11. The van der Waals surface area contributed by atoms with Crippen molar-refractivity contribution < 1.29 is 14.0 Å². The molecule has 0 saturated heterocycles. The number of benzene rings is 1. The normalized spacial score (nSPS) is 18.0. The number of oxime groups is 1. The standard InChI is InChI=1S/C10H8BrClF2N2O/c11-6-3-5(13)4-7(12)8(6)10(1-2-10)9(15)16-17-14/h3-4H,1-2H2,(H2,15,16). The van der Waals surface area contributed by atoms with Crippen molar-refractivity contribution in [2.75, 3.05) is 0 Å². The number of hydrogen-bond acceptors (Lipinski definition) is 2. The molecular formula is C10H8BrClF2N2O. The van der Waals surface area contributed by atoms with E-state index in [1.54, 1.807) is 0 Å². The zero-order valence-corrected chi connectivity index (χ0v) is 10.9. The molecule has 1 aliphatic rings. The van der Waals surface area contributed by atoms with Crippen molar-refractivity contribution in [3.05, 3.63) is 33.0 Å². The number of halogens is 4. The third-order valence-corrected chi connectivity index (χ3v) is 3.78. The molecular weight excluding hydrogens is 317 g/mol. The summed E-state index contributed by atoms with van der Waals surface area (Å²) in [5, 5.41) is 6.51. The average molecular weight is 326 g/mol. The molecule has 0 heterocycles. The van der Waals surface area contributed by atoms with E-state index in [2.05, 4.69) is 26.1 Å². The molecule has 0 unspecified atom stereocenters. The Hall–Kier alpha value is -0.880. The van der Waals surface area contributed by atoms with Gasteiger partial charge in [-0.15, -0.1) is 0 Å². The van der Waals surface area contributed by atoms with E-state index in [1.165, 1.54) is 12.1 Å². The second-order valence-electron chi connectivity index (χ2n) is 3.87. The molecule has 0 spiro atoms. The number of nitrogens with zero attached hydrogens (tertiary/aromatic N) is 1. The molecule has 0 aliphatic heterocycles. The number of hydrogen-bond donors (Lipinski definition) is 1. The largest absolute Gasteiger partial charge is 0.384 e. The highest BCUT2D eigenvalue weighted by atomic mass is 79.9. The van der Waals surface area contributed by atoms with Crippen LogP contribution in [0.1, 0.15) is 18.4 Å². The van der Waals surface area contributed by atoms with Crippen LogP contribution in [0.2, 0.25) is 5.02 Å². The Morgan fingerprint density at radius 1 is 1.53 bits per heavy atom. The summed E-state index contributed by atoms with van der Waals surface area (Å²) in [6.07, 6.45) is 1.32. The topological polar surface area (TPSA) is 47.6 Å². The average Bonchev–Trinajstić information content (AvgIpc) is 2.98. The first kappa shape index (κ1) is 12.6. The SMILES string of the molecule is N/C(=N\OF)C1(c2c(Cl)cc(F)cc2Br)CC1. The lowest BCUT2D eigenvalue weighted by molar-refractivity contribution is -0.131. The van der Waals surface area contributed by atoms with Crippen LogP contribution in [0.25, 0.3) is 0 Å². The van der Waals surface area contributed by atoms with Crippen molar-refractivity contribution in [1.29, 1.82) is 0 Å². The lowest BCUT2D eigenvalue weighted by atomic mass is 9.94. The molecule has 1 fully saturated rings. The number of rotatable bonds is 3. The number of nitrogens with two attached hydrogens (primary N) is 1. The van der Waals surface area contributed by atoms with Crippen molar-refractivity contribution in [2.45, 2.75) is 18.3 Å². The zero-order chi connectivity index (χ0) is 12.6. The van der Waals surface area contributed by atoms with Crippen LogP contribution >= 0.6 is 27.5 Å². The molecule has 3 nitrogen and oxygen atoms in total. The molecule has 1 aromatic rings. The minimum absolute atomic E-state index is 0.00536. The van der Waals surface area contributed by atoms with Crippen molar-refractivity contribution >= 4 is 33.4 Å². The molecule has 0 bridgehead atoms. The van der Waals surface area contributed by atoms with Gasteiger partial charge in [-0.3, -0.25) is 0 Å². The summed E-state index contributed by atoms with van der Waals surface area (Å²) in [5.41, 5.74) is 5.60. The maximum Gasteiger partial charge on any atom is 0.154 e. The summed E-state index contributed by atoms with van der Waals surface area (Å²) in [6, 6.07) is 2.47. The van der Waals surface area contributed by atoms with Crippen LogP contribution in [0, 0.1) is 5.82 Å². The van der Waals surface area contributed by atoms with E-state index >= 15 is 0 Å². The van der Waals surface area contributed by atoms with Crippen LogP contribution in [0.5, 0.6) is 0 Å². The van der Waals surface area contributed by atoms with E-state index in [0.717, 1.165) is 0 Å². The second kappa shape index (κ2) is 4.42. The highest BCUT2D eigenvalue weighted by Crippen LogP contribution is 2.53. The molecule has 1 saturated carbocycles. The minimum atomic E-state index is -0.657. The van der Waals surface area contributed by atoms with Gasteiger partial charge in [-0.25, -0.2) is 4.39 Å². The smallest absolute Gasteiger partial charge is 0.154 e. The van der Waals surface area contributed by atoms with Gasteiger partial charge in [-0.1, -0.05) is 27.5 Å². The summed E-state index contributed by atoms with van der Waals surface area (Å²) in [6.45, 7) is 0. The summed E-state index contributed by atoms with van der Waals surface area (Å²) in [4.78, 5) is 0. The van der Waals surface area contributed by atoms with Crippen LogP contribution in [-0.4, -0.2) is 5.84 Å². The fourth-order valence-electron chi connectivity index (χ4n) is 1.88. The van der Waals surface area contributed by atoms with Gasteiger partial charge in [-0.05, 0) is 35.7 Å². The van der Waals surface area contributed by atoms with E-state index in [4.69, 9.17) is 17.3 Å². The molecule has 1 aliphatic carbocycles. The summed E-state index contributed by atoms with van der Waals surface area (Å²) in [5.74, 6) is -0.465. The molecule has 0 radical (unpaired) electrons. The monoisotopic (exact) mass is 324 g/mol. The Labute approximate surface area is 110 Å². The van der Waals surface area contributed by atoms with Crippen molar-refractivity contribution in [2.24, 2.45) is 10.9 Å². The summed E-state index contributed by atoms with van der Waals surface area (Å²) in [7, 11) is 0. The molecule has 0 atom stereocenters. The first-order valence-corrected chi connectivity index (χ1v) is 5.95. The minimum Gasteiger partial charge on any atom is -0.384 e. The highest BCUT2D eigenvalue weighted by molar-refractivity contribution is 9.10. The van der Waals surface area contributed by atoms with Gasteiger partial charge >= 0.3 is 0 Å². The third-order valence-electron chi connectivity index (χ3n) is 2.86. The van der Waals surface area contributed by atoms with Gasteiger partial charge in [-0.2, -0.15) is 5.04 Å². The molecule has 0 aromatic heterocycles. The Kier molecular flexibility index (Phi) is 3.27. The van der Waals surface area contributed by atoms with E-state index in [1.807, 2.05) is 0 Å². The lowest BCUT2D eigenvalue weighted by Crippen LogP contribution is -2.29. The molecule has 17 heavy (non-hydrogen) atoms. The Morgan fingerprint density at radius 3 is 2.65 bits per heavy atom. The van der Waals surface area contributed by atoms with E-state index in [0.29, 0.717) is 22.9 Å². The zero-order valence-electron chi connectivity index (χ0n) is 8.51. The van der Waals surface area contributed by atoms with E-state index in [9.17, 15) is 8.92 Å². The van der Waals surface area contributed by atoms with Gasteiger partial charge in [0.2, 0.25) is 0 Å². The van der Waals surface area contributed by atoms with Gasteiger partial charge < -0.3 is 5.73 Å². The Morgan fingerprint density at radius 2 is 2.18 bits per heavy atom. The first-order chi connectivity index (χ1) is 8.01. The molecule has 92 valence electrons. The molecule has 1 aromatic carbocycles. The molecule has 2 N–H and O–H groups in total. The predicted molar refractivity (Wildman–Crippen MR) is 63.8 cm³/mol. The predicted octanol–water partition coefficient (Wildman–Crippen LogP) is 3.45. The molecule has 7 heteroatoms. The van der Waals surface area contributed by atoms with E-state index < -0.39 is 11.2 Å². The fraction of sp³-hybridized carbons (Fsp3) is 0.300. The van der Waals surface area contributed by atoms with Crippen molar-refractivity contribution in [1.82, 2.24) is 0 Å². The number of amidine groups is 1. The maximum atomic E-state index is 13.1. The van der Waals surface area contributed by atoms with Gasteiger partial charge in [0, 0.05) is 14.0 Å². The Balaban J connectivity index is 2.51. The fourth-order valence-corrected chi connectivity index (χ4v) is 3.20. The highest BCUT2D eigenvalue weighted by Gasteiger charge is 2.51. The second-order valence-corrected chi connectivity index (χ2v) is 5.13. The van der Waals surface area contributed by atoms with Crippen LogP contribution < -0.4 is 5.73 Å². The molecule has 0 amide bonds. The first-order valence-electron chi connectivity index (χ1n) is 4.78. The quantitative estimate of drug-likeness (QED) is 0.526.